The predicted molar refractivity (Wildman–Crippen MR) is 94.9 cm³/mol. The average molecular weight is 332 g/mol. The molecule has 0 atom stereocenters. The van der Waals surface area contributed by atoms with Gasteiger partial charge in [0.15, 0.2) is 0 Å². The molecular weight excluding hydrogens is 304 g/mol. The summed E-state index contributed by atoms with van der Waals surface area (Å²) in [7, 11) is 0. The molecule has 5 nitrogen and oxygen atoms in total. The van der Waals surface area contributed by atoms with E-state index < -0.39 is 5.60 Å². The first-order valence-electron chi connectivity index (χ1n) is 8.65. The molecule has 1 aromatic carbocycles. The monoisotopic (exact) mass is 332 g/mol. The molecule has 1 amide bonds. The third-order valence-electron chi connectivity index (χ3n) is 3.96. The quantitative estimate of drug-likeness (QED) is 0.842. The Hall–Kier alpha value is -2.04. The second kappa shape index (κ2) is 8.18. The van der Waals surface area contributed by atoms with Gasteiger partial charge < -0.3 is 15.0 Å². The number of amides is 1. The van der Waals surface area contributed by atoms with Crippen molar-refractivity contribution in [1.82, 2.24) is 5.32 Å². The van der Waals surface area contributed by atoms with Crippen LogP contribution in [0.25, 0.3) is 0 Å². The normalized spacial score (nSPS) is 15.9. The Balaban J connectivity index is 1.68. The molecule has 0 aromatic heterocycles. The van der Waals surface area contributed by atoms with Crippen LogP contribution in [-0.2, 0) is 14.3 Å². The van der Waals surface area contributed by atoms with E-state index in [-0.39, 0.29) is 30.8 Å². The average Bonchev–Trinajstić information content (AvgIpc) is 2.53. The van der Waals surface area contributed by atoms with E-state index >= 15 is 0 Å². The van der Waals surface area contributed by atoms with E-state index in [4.69, 9.17) is 4.74 Å². The smallest absolute Gasteiger partial charge is 0.306 e. The highest BCUT2D eigenvalue weighted by molar-refractivity contribution is 5.81. The predicted octanol–water partition coefficient (Wildman–Crippen LogP) is 2.89. The molecule has 0 unspecified atom stereocenters. The van der Waals surface area contributed by atoms with Crippen LogP contribution in [0.15, 0.2) is 30.3 Å². The van der Waals surface area contributed by atoms with Gasteiger partial charge in [0.2, 0.25) is 5.91 Å². The summed E-state index contributed by atoms with van der Waals surface area (Å²) in [6.07, 6.45) is 2.17. The largest absolute Gasteiger partial charge is 0.460 e. The van der Waals surface area contributed by atoms with Gasteiger partial charge in [0.05, 0.1) is 6.42 Å². The molecule has 132 valence electrons. The van der Waals surface area contributed by atoms with E-state index in [2.05, 4.69) is 22.3 Å². The molecular formula is C19H28N2O3. The number of nitrogens with one attached hydrogen (secondary N) is 1. The number of hydrogen-bond acceptors (Lipinski definition) is 4. The Morgan fingerprint density at radius 1 is 1.12 bits per heavy atom. The van der Waals surface area contributed by atoms with Crippen LogP contribution in [0.3, 0.4) is 0 Å². The first kappa shape index (κ1) is 18.3. The molecule has 0 aliphatic carbocycles. The van der Waals surface area contributed by atoms with Crippen LogP contribution in [-0.4, -0.2) is 36.6 Å². The number of esters is 1. The van der Waals surface area contributed by atoms with Crippen molar-refractivity contribution >= 4 is 17.6 Å². The van der Waals surface area contributed by atoms with Crippen molar-refractivity contribution in [2.75, 3.05) is 18.0 Å². The summed E-state index contributed by atoms with van der Waals surface area (Å²) in [5, 5.41) is 3.04. The topological polar surface area (TPSA) is 58.6 Å². The Morgan fingerprint density at radius 2 is 1.75 bits per heavy atom. The van der Waals surface area contributed by atoms with Crippen LogP contribution in [0.4, 0.5) is 5.69 Å². The second-order valence-electron chi connectivity index (χ2n) is 7.25. The summed E-state index contributed by atoms with van der Waals surface area (Å²) in [5.41, 5.74) is 0.727. The second-order valence-corrected chi connectivity index (χ2v) is 7.25. The summed E-state index contributed by atoms with van der Waals surface area (Å²) < 4.78 is 5.22. The number of carbonyl (C=O) groups is 2. The minimum Gasteiger partial charge on any atom is -0.460 e. The van der Waals surface area contributed by atoms with Gasteiger partial charge in [-0.05, 0) is 45.7 Å². The van der Waals surface area contributed by atoms with E-state index in [0.29, 0.717) is 0 Å². The molecule has 0 bridgehead atoms. The van der Waals surface area contributed by atoms with E-state index in [1.807, 2.05) is 39.0 Å². The van der Waals surface area contributed by atoms with Gasteiger partial charge in [-0.3, -0.25) is 9.59 Å². The van der Waals surface area contributed by atoms with Crippen LogP contribution >= 0.6 is 0 Å². The zero-order valence-electron chi connectivity index (χ0n) is 14.9. The fourth-order valence-electron chi connectivity index (χ4n) is 2.83. The fourth-order valence-corrected chi connectivity index (χ4v) is 2.83. The number of rotatable bonds is 5. The van der Waals surface area contributed by atoms with Crippen molar-refractivity contribution in [3.8, 4) is 0 Å². The molecule has 1 heterocycles. The van der Waals surface area contributed by atoms with Crippen molar-refractivity contribution in [3.63, 3.8) is 0 Å². The number of hydrogen-bond donors (Lipinski definition) is 1. The molecule has 1 aromatic rings. The fraction of sp³-hybridized carbons (Fsp3) is 0.579. The minimum atomic E-state index is -0.502. The first-order chi connectivity index (χ1) is 11.3. The number of para-hydroxylation sites is 1. The molecule has 1 aliphatic rings. The summed E-state index contributed by atoms with van der Waals surface area (Å²) >= 11 is 0. The van der Waals surface area contributed by atoms with Gasteiger partial charge >= 0.3 is 5.97 Å². The highest BCUT2D eigenvalue weighted by atomic mass is 16.6. The molecule has 2 rings (SSSR count). The van der Waals surface area contributed by atoms with E-state index in [1.165, 1.54) is 5.69 Å². The lowest BCUT2D eigenvalue weighted by molar-refractivity contribution is -0.155. The maximum atomic E-state index is 12.0. The molecule has 0 radical (unpaired) electrons. The van der Waals surface area contributed by atoms with Crippen LogP contribution < -0.4 is 10.2 Å². The standard InChI is InChI=1S/C19H28N2O3/c1-19(2,3)24-18(23)10-9-17(22)20-15-11-13-21(14-12-15)16-7-5-4-6-8-16/h4-8,15H,9-14H2,1-3H3,(H,20,22). The van der Waals surface area contributed by atoms with Crippen molar-refractivity contribution in [2.24, 2.45) is 0 Å². The Labute approximate surface area is 144 Å². The maximum absolute atomic E-state index is 12.0. The third kappa shape index (κ3) is 6.22. The molecule has 1 N–H and O–H groups in total. The Bertz CT molecular complexity index is 543. The van der Waals surface area contributed by atoms with Gasteiger partial charge in [0.1, 0.15) is 5.60 Å². The highest BCUT2D eigenvalue weighted by Gasteiger charge is 2.22. The van der Waals surface area contributed by atoms with Crippen LogP contribution in [0, 0.1) is 0 Å². The SMILES string of the molecule is CC(C)(C)OC(=O)CCC(=O)NC1CCN(c2ccccc2)CC1. The lowest BCUT2D eigenvalue weighted by atomic mass is 10.0. The first-order valence-corrected chi connectivity index (χ1v) is 8.65. The zero-order chi connectivity index (χ0) is 17.6. The maximum Gasteiger partial charge on any atom is 0.306 e. The lowest BCUT2D eigenvalue weighted by Crippen LogP contribution is -2.44. The summed E-state index contributed by atoms with van der Waals surface area (Å²) in [6.45, 7) is 7.34. The molecule has 1 fully saturated rings. The lowest BCUT2D eigenvalue weighted by Gasteiger charge is -2.34. The van der Waals surface area contributed by atoms with E-state index in [0.717, 1.165) is 25.9 Å². The minimum absolute atomic E-state index is 0.0704. The van der Waals surface area contributed by atoms with Crippen molar-refractivity contribution in [1.29, 1.82) is 0 Å². The summed E-state index contributed by atoms with van der Waals surface area (Å²) in [5.74, 6) is -0.393. The van der Waals surface area contributed by atoms with Gasteiger partial charge in [-0.2, -0.15) is 0 Å². The number of piperidine rings is 1. The molecule has 5 heteroatoms. The van der Waals surface area contributed by atoms with Crippen molar-refractivity contribution in [3.05, 3.63) is 30.3 Å². The van der Waals surface area contributed by atoms with Gasteiger partial charge in [0, 0.05) is 31.2 Å². The number of anilines is 1. The molecule has 0 saturated carbocycles. The molecule has 1 saturated heterocycles. The van der Waals surface area contributed by atoms with Crippen LogP contribution in [0.1, 0.15) is 46.5 Å². The van der Waals surface area contributed by atoms with Crippen LogP contribution in [0.2, 0.25) is 0 Å². The molecule has 24 heavy (non-hydrogen) atoms. The van der Waals surface area contributed by atoms with Gasteiger partial charge in [-0.1, -0.05) is 18.2 Å². The molecule has 1 aliphatic heterocycles. The Morgan fingerprint density at radius 3 is 2.33 bits per heavy atom. The summed E-state index contributed by atoms with van der Waals surface area (Å²) in [4.78, 5) is 26.0. The zero-order valence-corrected chi connectivity index (χ0v) is 14.9. The number of carbonyl (C=O) groups excluding carboxylic acids is 2. The van der Waals surface area contributed by atoms with Gasteiger partial charge in [0.25, 0.3) is 0 Å². The highest BCUT2D eigenvalue weighted by Crippen LogP contribution is 2.19. The third-order valence-corrected chi connectivity index (χ3v) is 3.96. The van der Waals surface area contributed by atoms with Crippen molar-refractivity contribution in [2.45, 2.75) is 58.1 Å². The number of benzene rings is 1. The van der Waals surface area contributed by atoms with E-state index in [1.54, 1.807) is 0 Å². The van der Waals surface area contributed by atoms with Crippen molar-refractivity contribution < 1.29 is 14.3 Å². The van der Waals surface area contributed by atoms with Crippen LogP contribution in [0.5, 0.6) is 0 Å². The number of nitrogens with zero attached hydrogens (tertiary/aromatic N) is 1. The Kier molecular flexibility index (Phi) is 6.23. The van der Waals surface area contributed by atoms with E-state index in [9.17, 15) is 9.59 Å². The molecule has 0 spiro atoms. The number of ether oxygens (including phenoxy) is 1. The van der Waals surface area contributed by atoms with Gasteiger partial charge in [-0.25, -0.2) is 0 Å². The summed E-state index contributed by atoms with van der Waals surface area (Å²) in [6, 6.07) is 10.5. The van der Waals surface area contributed by atoms with Gasteiger partial charge in [-0.15, -0.1) is 0 Å².